The summed E-state index contributed by atoms with van der Waals surface area (Å²) in [6, 6.07) is 10.8. The second-order valence-corrected chi connectivity index (χ2v) is 7.96. The van der Waals surface area contributed by atoms with E-state index in [0.29, 0.717) is 30.2 Å². The topological polar surface area (TPSA) is 67.9 Å². The third-order valence-electron chi connectivity index (χ3n) is 4.48. The molecule has 0 atom stereocenters. The minimum atomic E-state index is -3.72. The van der Waals surface area contributed by atoms with Gasteiger partial charge in [-0.2, -0.15) is 0 Å². The summed E-state index contributed by atoms with van der Waals surface area (Å²) < 4.78 is 39.4. The van der Waals surface area contributed by atoms with Crippen LogP contribution in [0.5, 0.6) is 5.75 Å². The molecule has 0 amide bonds. The Kier molecular flexibility index (Phi) is 5.38. The van der Waals surface area contributed by atoms with E-state index in [2.05, 4.69) is 9.62 Å². The standard InChI is InChI=1S/C19H24N2O4S/c1-14-13-19(15(2)12-18(14)24-3)26(22,23)20-16-6-4-5-7-17(16)21-8-10-25-11-9-21/h4-7,12-13,20H,8-11H2,1-3H3. The molecule has 3 rings (SSSR count). The molecule has 1 heterocycles. The van der Waals surface area contributed by atoms with Gasteiger partial charge in [-0.25, -0.2) is 8.42 Å². The van der Waals surface area contributed by atoms with Crippen molar-refractivity contribution < 1.29 is 17.9 Å². The fourth-order valence-electron chi connectivity index (χ4n) is 3.11. The number of para-hydroxylation sites is 2. The Bertz CT molecular complexity index is 890. The zero-order valence-electron chi connectivity index (χ0n) is 15.3. The Morgan fingerprint density at radius 2 is 1.77 bits per heavy atom. The molecular weight excluding hydrogens is 352 g/mol. The molecule has 2 aromatic rings. The van der Waals surface area contributed by atoms with Gasteiger partial charge in [0.1, 0.15) is 5.75 Å². The maximum absolute atomic E-state index is 13.0. The lowest BCUT2D eigenvalue weighted by atomic mass is 10.1. The molecule has 0 aliphatic carbocycles. The summed E-state index contributed by atoms with van der Waals surface area (Å²) in [6.07, 6.45) is 0. The van der Waals surface area contributed by atoms with E-state index >= 15 is 0 Å². The zero-order valence-corrected chi connectivity index (χ0v) is 16.1. The van der Waals surface area contributed by atoms with Crippen molar-refractivity contribution in [2.45, 2.75) is 18.7 Å². The van der Waals surface area contributed by atoms with Gasteiger partial charge in [0.25, 0.3) is 10.0 Å². The Labute approximate surface area is 154 Å². The van der Waals surface area contributed by atoms with Gasteiger partial charge in [0.05, 0.1) is 36.6 Å². The molecule has 0 aromatic heterocycles. The molecule has 1 saturated heterocycles. The summed E-state index contributed by atoms with van der Waals surface area (Å²) in [4.78, 5) is 2.39. The van der Waals surface area contributed by atoms with Gasteiger partial charge >= 0.3 is 0 Å². The lowest BCUT2D eigenvalue weighted by molar-refractivity contribution is 0.123. The first-order valence-corrected chi connectivity index (χ1v) is 10.0. The fraction of sp³-hybridized carbons (Fsp3) is 0.368. The highest BCUT2D eigenvalue weighted by molar-refractivity contribution is 7.92. The molecule has 0 unspecified atom stereocenters. The van der Waals surface area contributed by atoms with Gasteiger partial charge in [0.2, 0.25) is 0 Å². The van der Waals surface area contributed by atoms with Crippen LogP contribution < -0.4 is 14.4 Å². The van der Waals surface area contributed by atoms with Crippen molar-refractivity contribution in [3.05, 3.63) is 47.5 Å². The van der Waals surface area contributed by atoms with Crippen LogP contribution in [0.1, 0.15) is 11.1 Å². The predicted molar refractivity (Wildman–Crippen MR) is 103 cm³/mol. The third kappa shape index (κ3) is 3.78. The molecule has 1 aliphatic rings. The highest BCUT2D eigenvalue weighted by Crippen LogP contribution is 2.31. The van der Waals surface area contributed by atoms with E-state index in [9.17, 15) is 8.42 Å². The molecule has 7 heteroatoms. The first kappa shape index (κ1) is 18.5. The van der Waals surface area contributed by atoms with E-state index in [4.69, 9.17) is 9.47 Å². The van der Waals surface area contributed by atoms with Crippen molar-refractivity contribution in [2.24, 2.45) is 0 Å². The van der Waals surface area contributed by atoms with E-state index in [1.54, 1.807) is 32.2 Å². The molecule has 1 aliphatic heterocycles. The molecule has 6 nitrogen and oxygen atoms in total. The Morgan fingerprint density at radius 1 is 1.08 bits per heavy atom. The average Bonchev–Trinajstić information content (AvgIpc) is 2.64. The van der Waals surface area contributed by atoms with Crippen molar-refractivity contribution in [3.63, 3.8) is 0 Å². The quantitative estimate of drug-likeness (QED) is 0.869. The summed E-state index contributed by atoms with van der Waals surface area (Å²) in [7, 11) is -2.14. The van der Waals surface area contributed by atoms with Gasteiger partial charge in [-0.3, -0.25) is 4.72 Å². The molecule has 0 bridgehead atoms. The smallest absolute Gasteiger partial charge is 0.262 e. The van der Waals surface area contributed by atoms with Crippen LogP contribution in [0, 0.1) is 13.8 Å². The van der Waals surface area contributed by atoms with Crippen LogP contribution in [0.4, 0.5) is 11.4 Å². The second-order valence-electron chi connectivity index (χ2n) is 6.31. The summed E-state index contributed by atoms with van der Waals surface area (Å²) in [6.45, 7) is 6.35. The monoisotopic (exact) mass is 376 g/mol. The minimum Gasteiger partial charge on any atom is -0.496 e. The molecule has 140 valence electrons. The zero-order chi connectivity index (χ0) is 18.7. The normalized spacial score (nSPS) is 15.0. The van der Waals surface area contributed by atoms with Crippen molar-refractivity contribution in [1.82, 2.24) is 0 Å². The van der Waals surface area contributed by atoms with Crippen LogP contribution in [0.25, 0.3) is 0 Å². The van der Waals surface area contributed by atoms with E-state index in [-0.39, 0.29) is 4.90 Å². The maximum atomic E-state index is 13.0. The van der Waals surface area contributed by atoms with Crippen molar-refractivity contribution in [2.75, 3.05) is 43.0 Å². The number of anilines is 2. The number of hydrogen-bond donors (Lipinski definition) is 1. The van der Waals surface area contributed by atoms with Gasteiger partial charge in [0.15, 0.2) is 0 Å². The Balaban J connectivity index is 1.95. The summed E-state index contributed by atoms with van der Waals surface area (Å²) in [5, 5.41) is 0. The number of hydrogen-bond acceptors (Lipinski definition) is 5. The largest absolute Gasteiger partial charge is 0.496 e. The number of benzene rings is 2. The number of nitrogens with zero attached hydrogens (tertiary/aromatic N) is 1. The number of aryl methyl sites for hydroxylation is 2. The SMILES string of the molecule is COc1cc(C)c(S(=O)(=O)Nc2ccccc2N2CCOCC2)cc1C. The molecule has 1 fully saturated rings. The number of nitrogens with one attached hydrogen (secondary N) is 1. The maximum Gasteiger partial charge on any atom is 0.262 e. The minimum absolute atomic E-state index is 0.257. The lowest BCUT2D eigenvalue weighted by Gasteiger charge is -2.30. The van der Waals surface area contributed by atoms with Crippen molar-refractivity contribution >= 4 is 21.4 Å². The van der Waals surface area contributed by atoms with Crippen LogP contribution in [0.3, 0.4) is 0 Å². The number of morpholine rings is 1. The molecule has 26 heavy (non-hydrogen) atoms. The molecular formula is C19H24N2O4S. The first-order chi connectivity index (χ1) is 12.4. The van der Waals surface area contributed by atoms with Crippen LogP contribution in [0.15, 0.2) is 41.3 Å². The molecule has 2 aromatic carbocycles. The number of ether oxygens (including phenoxy) is 2. The third-order valence-corrected chi connectivity index (χ3v) is 5.99. The van der Waals surface area contributed by atoms with Crippen LogP contribution >= 0.6 is 0 Å². The van der Waals surface area contributed by atoms with Gasteiger partial charge in [-0.15, -0.1) is 0 Å². The molecule has 1 N–H and O–H groups in total. The average molecular weight is 376 g/mol. The number of sulfonamides is 1. The number of methoxy groups -OCH3 is 1. The molecule has 0 saturated carbocycles. The van der Waals surface area contributed by atoms with Crippen molar-refractivity contribution in [1.29, 1.82) is 0 Å². The second kappa shape index (κ2) is 7.55. The van der Waals surface area contributed by atoms with E-state index < -0.39 is 10.0 Å². The van der Waals surface area contributed by atoms with E-state index in [1.807, 2.05) is 25.1 Å². The summed E-state index contributed by atoms with van der Waals surface area (Å²) >= 11 is 0. The predicted octanol–water partition coefficient (Wildman–Crippen LogP) is 2.95. The van der Waals surface area contributed by atoms with Crippen LogP contribution in [-0.4, -0.2) is 41.8 Å². The van der Waals surface area contributed by atoms with Gasteiger partial charge in [0, 0.05) is 13.1 Å². The summed E-state index contributed by atoms with van der Waals surface area (Å²) in [5.41, 5.74) is 2.85. The van der Waals surface area contributed by atoms with Crippen LogP contribution in [0.2, 0.25) is 0 Å². The summed E-state index contributed by atoms with van der Waals surface area (Å²) in [5.74, 6) is 0.676. The Morgan fingerprint density at radius 3 is 2.46 bits per heavy atom. The van der Waals surface area contributed by atoms with E-state index in [0.717, 1.165) is 24.3 Å². The first-order valence-electron chi connectivity index (χ1n) is 8.52. The fourth-order valence-corrected chi connectivity index (χ4v) is 4.50. The van der Waals surface area contributed by atoms with E-state index in [1.165, 1.54) is 0 Å². The highest BCUT2D eigenvalue weighted by Gasteiger charge is 2.22. The van der Waals surface area contributed by atoms with Crippen LogP contribution in [-0.2, 0) is 14.8 Å². The molecule has 0 spiro atoms. The highest BCUT2D eigenvalue weighted by atomic mass is 32.2. The Hall–Kier alpha value is -2.25. The lowest BCUT2D eigenvalue weighted by Crippen LogP contribution is -2.36. The van der Waals surface area contributed by atoms with Gasteiger partial charge in [-0.1, -0.05) is 12.1 Å². The number of rotatable bonds is 5. The van der Waals surface area contributed by atoms with Gasteiger partial charge in [-0.05, 0) is 49.2 Å². The molecule has 0 radical (unpaired) electrons. The van der Waals surface area contributed by atoms with Crippen molar-refractivity contribution in [3.8, 4) is 5.75 Å². The van der Waals surface area contributed by atoms with Gasteiger partial charge < -0.3 is 14.4 Å².